The van der Waals surface area contributed by atoms with Gasteiger partial charge >= 0.3 is 0 Å². The fourth-order valence-corrected chi connectivity index (χ4v) is 6.58. The van der Waals surface area contributed by atoms with Crippen molar-refractivity contribution in [2.45, 2.75) is 31.9 Å². The number of nitrogens with one attached hydrogen (secondary N) is 2. The van der Waals surface area contributed by atoms with E-state index in [0.29, 0.717) is 71.4 Å². The molecule has 0 spiro atoms. The smallest absolute Gasteiger partial charge is 0.235 e. The van der Waals surface area contributed by atoms with Crippen LogP contribution in [0.4, 0.5) is 15.8 Å². The van der Waals surface area contributed by atoms with E-state index in [1.807, 2.05) is 18.2 Å². The van der Waals surface area contributed by atoms with Crippen LogP contribution in [-0.2, 0) is 14.6 Å². The number of sulfone groups is 1. The summed E-state index contributed by atoms with van der Waals surface area (Å²) < 4.78 is 56.2. The monoisotopic (exact) mass is 692 g/mol. The fraction of sp³-hybridized carbons (Fsp3) is 0.389. The predicted octanol–water partition coefficient (Wildman–Crippen LogP) is 5.46. The molecule has 1 aliphatic heterocycles. The van der Waals surface area contributed by atoms with Gasteiger partial charge in [0, 0.05) is 47.9 Å². The average Bonchev–Trinajstić information content (AvgIpc) is 3.91. The molecule has 49 heavy (non-hydrogen) atoms. The van der Waals surface area contributed by atoms with Crippen molar-refractivity contribution in [3.8, 4) is 23.0 Å². The second-order valence-corrected chi connectivity index (χ2v) is 15.1. The number of hydrogen-bond donors (Lipinski definition) is 3. The molecule has 0 radical (unpaired) electrons. The molecule has 4 aromatic rings. The molecule has 3 aromatic carbocycles. The largest absolute Gasteiger partial charge is 0.493 e. The number of fused-ring (bicyclic) bond motifs is 1. The minimum absolute atomic E-state index is 0.0299. The molecule has 3 N–H and O–H groups in total. The number of aromatic nitrogens is 1. The molecule has 0 bridgehead atoms. The third-order valence-corrected chi connectivity index (χ3v) is 10.1. The molecule has 6 rings (SSSR count). The van der Waals surface area contributed by atoms with Crippen LogP contribution in [0.15, 0.2) is 72.9 Å². The van der Waals surface area contributed by atoms with Crippen molar-refractivity contribution in [2.24, 2.45) is 11.3 Å². The van der Waals surface area contributed by atoms with Gasteiger partial charge in [-0.1, -0.05) is 18.2 Å². The minimum Gasteiger partial charge on any atom is -0.493 e. The molecule has 1 atom stereocenters. The zero-order valence-electron chi connectivity index (χ0n) is 27.5. The number of carbonyl (C=O) groups excluding carboxylic acids is 1. The van der Waals surface area contributed by atoms with Gasteiger partial charge in [0.15, 0.2) is 23.1 Å². The second kappa shape index (κ2) is 14.6. The molecule has 13 heteroatoms. The normalized spacial score (nSPS) is 16.9. The number of benzene rings is 3. The number of para-hydroxylation sites is 1. The third-order valence-electron chi connectivity index (χ3n) is 9.20. The topological polar surface area (TPSA) is 139 Å². The van der Waals surface area contributed by atoms with E-state index in [1.165, 1.54) is 18.4 Å². The van der Waals surface area contributed by atoms with E-state index in [9.17, 15) is 18.3 Å². The predicted molar refractivity (Wildman–Crippen MR) is 186 cm³/mol. The standard InChI is InChI=1S/C36H41FN4O7S/c1-46-32-21-27-29(22-33(32)47-23-24-11-16-41(17-12-24)18-19-49(2,44)45)38-15-10-30(27)48-31-9-8-26(20-28(31)37)40-35(43)36(13-14-36)34(42)39-25-6-4-3-5-7-25/h3-10,15,20-22,24,35,40,43H,11-14,16-19,23H2,1-2H3,(H,39,42). The number of piperidine rings is 1. The van der Waals surface area contributed by atoms with Crippen LogP contribution in [-0.4, -0.2) is 80.9 Å². The molecule has 1 saturated carbocycles. The zero-order chi connectivity index (χ0) is 34.6. The maximum Gasteiger partial charge on any atom is 0.235 e. The number of halogens is 1. The zero-order valence-corrected chi connectivity index (χ0v) is 28.3. The number of nitrogens with zero attached hydrogens (tertiary/aromatic N) is 2. The Hall–Kier alpha value is -4.46. The molecule has 1 unspecified atom stereocenters. The fourth-order valence-electron chi connectivity index (χ4n) is 5.99. The number of anilines is 2. The average molecular weight is 693 g/mol. The van der Waals surface area contributed by atoms with E-state index >= 15 is 4.39 Å². The van der Waals surface area contributed by atoms with Gasteiger partial charge in [0.1, 0.15) is 21.8 Å². The lowest BCUT2D eigenvalue weighted by Gasteiger charge is -2.31. The first kappa shape index (κ1) is 34.4. The maximum atomic E-state index is 15.3. The van der Waals surface area contributed by atoms with Crippen LogP contribution in [0.1, 0.15) is 25.7 Å². The van der Waals surface area contributed by atoms with Gasteiger partial charge in [0.05, 0.1) is 30.4 Å². The number of methoxy groups -OCH3 is 1. The lowest BCUT2D eigenvalue weighted by molar-refractivity contribution is -0.124. The van der Waals surface area contributed by atoms with Crippen LogP contribution in [0, 0.1) is 17.2 Å². The molecule has 2 heterocycles. The summed E-state index contributed by atoms with van der Waals surface area (Å²) in [5.41, 5.74) is 0.521. The molecule has 1 aliphatic carbocycles. The molecular weight excluding hydrogens is 651 g/mol. The van der Waals surface area contributed by atoms with Gasteiger partial charge in [-0.2, -0.15) is 0 Å². The highest BCUT2D eigenvalue weighted by Crippen LogP contribution is 2.50. The van der Waals surface area contributed by atoms with Gasteiger partial charge < -0.3 is 34.9 Å². The summed E-state index contributed by atoms with van der Waals surface area (Å²) >= 11 is 0. The number of amides is 1. The number of carbonyl (C=O) groups is 1. The van der Waals surface area contributed by atoms with Gasteiger partial charge in [-0.25, -0.2) is 12.8 Å². The Morgan fingerprint density at radius 2 is 1.78 bits per heavy atom. The highest BCUT2D eigenvalue weighted by molar-refractivity contribution is 7.90. The summed E-state index contributed by atoms with van der Waals surface area (Å²) in [5.74, 6) is 0.883. The quantitative estimate of drug-likeness (QED) is 0.146. The van der Waals surface area contributed by atoms with Crippen LogP contribution < -0.4 is 24.8 Å². The highest BCUT2D eigenvalue weighted by atomic mass is 32.2. The van der Waals surface area contributed by atoms with Crippen LogP contribution in [0.2, 0.25) is 0 Å². The van der Waals surface area contributed by atoms with E-state index in [1.54, 1.807) is 49.7 Å². The van der Waals surface area contributed by atoms with Crippen LogP contribution in [0.3, 0.4) is 0 Å². The molecule has 11 nitrogen and oxygen atoms in total. The van der Waals surface area contributed by atoms with Crippen LogP contribution in [0.25, 0.3) is 10.9 Å². The molecule has 1 aromatic heterocycles. The first-order valence-electron chi connectivity index (χ1n) is 16.3. The van der Waals surface area contributed by atoms with Gasteiger partial charge in [-0.15, -0.1) is 0 Å². The van der Waals surface area contributed by atoms with E-state index in [4.69, 9.17) is 14.2 Å². The molecule has 2 fully saturated rings. The van der Waals surface area contributed by atoms with Crippen molar-refractivity contribution in [2.75, 3.05) is 56.0 Å². The van der Waals surface area contributed by atoms with Crippen molar-refractivity contribution in [1.82, 2.24) is 9.88 Å². The Kier molecular flexibility index (Phi) is 10.2. The number of likely N-dealkylation sites (tertiary alicyclic amines) is 1. The van der Waals surface area contributed by atoms with E-state index in [-0.39, 0.29) is 17.4 Å². The number of ether oxygens (including phenoxy) is 3. The van der Waals surface area contributed by atoms with Gasteiger partial charge in [-0.05, 0) is 81.1 Å². The van der Waals surface area contributed by atoms with Gasteiger partial charge in [0.2, 0.25) is 5.91 Å². The number of aliphatic hydroxyl groups excluding tert-OH is 1. The highest BCUT2D eigenvalue weighted by Gasteiger charge is 2.56. The Bertz CT molecular complexity index is 1900. The summed E-state index contributed by atoms with van der Waals surface area (Å²) in [6.07, 6.45) is 4.43. The van der Waals surface area contributed by atoms with Crippen molar-refractivity contribution in [1.29, 1.82) is 0 Å². The lowest BCUT2D eigenvalue weighted by atomic mass is 9.98. The van der Waals surface area contributed by atoms with E-state index in [0.717, 1.165) is 25.9 Å². The molecule has 1 amide bonds. The SMILES string of the molecule is COc1cc2c(Oc3ccc(NC(O)C4(C(=O)Nc5ccccc5)CC4)cc3F)ccnc2cc1OCC1CCN(CCS(C)(=O)=O)CC1. The van der Waals surface area contributed by atoms with Crippen molar-refractivity contribution in [3.05, 3.63) is 78.7 Å². The van der Waals surface area contributed by atoms with E-state index in [2.05, 4.69) is 20.5 Å². The van der Waals surface area contributed by atoms with Crippen molar-refractivity contribution >= 4 is 38.0 Å². The lowest BCUT2D eigenvalue weighted by Crippen LogP contribution is -2.39. The second-order valence-electron chi connectivity index (χ2n) is 12.8. The Labute approximate surface area is 285 Å². The summed E-state index contributed by atoms with van der Waals surface area (Å²) in [6.45, 7) is 2.67. The van der Waals surface area contributed by atoms with Crippen LogP contribution >= 0.6 is 0 Å². The summed E-state index contributed by atoms with van der Waals surface area (Å²) in [4.78, 5) is 19.6. The minimum atomic E-state index is -2.99. The Morgan fingerprint density at radius 1 is 1.02 bits per heavy atom. The van der Waals surface area contributed by atoms with Crippen LogP contribution in [0.5, 0.6) is 23.0 Å². The van der Waals surface area contributed by atoms with Crippen molar-refractivity contribution in [3.63, 3.8) is 0 Å². The third kappa shape index (κ3) is 8.41. The summed E-state index contributed by atoms with van der Waals surface area (Å²) in [5, 5.41) is 17.2. The Morgan fingerprint density at radius 3 is 2.45 bits per heavy atom. The van der Waals surface area contributed by atoms with E-state index < -0.39 is 27.3 Å². The number of hydrogen-bond acceptors (Lipinski definition) is 10. The number of pyridine rings is 1. The maximum absolute atomic E-state index is 15.3. The van der Waals surface area contributed by atoms with Crippen molar-refractivity contribution < 1.29 is 36.9 Å². The van der Waals surface area contributed by atoms with Gasteiger partial charge in [-0.3, -0.25) is 9.78 Å². The number of rotatable bonds is 14. The molecule has 2 aliphatic rings. The first-order valence-corrected chi connectivity index (χ1v) is 18.4. The first-order chi connectivity index (χ1) is 23.5. The summed E-state index contributed by atoms with van der Waals surface area (Å²) in [7, 11) is -1.44. The number of aliphatic hydroxyl groups is 1. The molecule has 260 valence electrons. The van der Waals surface area contributed by atoms with Gasteiger partial charge in [0.25, 0.3) is 0 Å². The molecule has 1 saturated heterocycles. The summed E-state index contributed by atoms with van der Waals surface area (Å²) in [6, 6.07) is 18.4. The Balaban J connectivity index is 1.08. The molecular formula is C36H41FN4O7S.